The number of aryl methyl sites for hydroxylation is 1. The molecular weight excluding hydrogens is 362 g/mol. The van der Waals surface area contributed by atoms with Crippen molar-refractivity contribution in [1.29, 1.82) is 0 Å². The van der Waals surface area contributed by atoms with Crippen LogP contribution in [0.4, 0.5) is 5.69 Å². The molecule has 6 nitrogen and oxygen atoms in total. The number of carbonyl (C=O) groups is 1. The molecule has 0 aromatic heterocycles. The molecule has 1 atom stereocenters. The average molecular weight is 396 g/mol. The Hall–Kier alpha value is -1.60. The number of benzene rings is 1. The lowest BCUT2D eigenvalue weighted by Crippen LogP contribution is -2.48. The van der Waals surface area contributed by atoms with Crippen LogP contribution in [-0.4, -0.2) is 57.7 Å². The third-order valence-corrected chi connectivity index (χ3v) is 6.45. The van der Waals surface area contributed by atoms with Gasteiger partial charge in [0.1, 0.15) is 6.04 Å². The van der Waals surface area contributed by atoms with Crippen molar-refractivity contribution >= 4 is 21.6 Å². The fourth-order valence-corrected chi connectivity index (χ4v) is 4.62. The molecule has 0 unspecified atom stereocenters. The number of likely N-dealkylation sites (tertiary alicyclic amines) is 1. The van der Waals surface area contributed by atoms with Gasteiger partial charge in [-0.1, -0.05) is 24.6 Å². The average Bonchev–Trinajstić information content (AvgIpc) is 2.60. The lowest BCUT2D eigenvalue weighted by atomic mass is 9.99. The molecule has 0 bridgehead atoms. The molecule has 1 aliphatic rings. The Kier molecular flexibility index (Phi) is 7.68. The molecule has 1 aliphatic heterocycles. The Morgan fingerprint density at radius 3 is 2.41 bits per heavy atom. The zero-order chi connectivity index (χ0) is 20.0. The van der Waals surface area contributed by atoms with Crippen molar-refractivity contribution in [2.24, 2.45) is 5.92 Å². The molecule has 0 aliphatic carbocycles. The summed E-state index contributed by atoms with van der Waals surface area (Å²) in [5.74, 6) is 0.541. The minimum Gasteiger partial charge on any atom is -0.354 e. The van der Waals surface area contributed by atoms with Crippen LogP contribution in [0, 0.1) is 12.8 Å². The summed E-state index contributed by atoms with van der Waals surface area (Å²) in [5.41, 5.74) is 1.55. The Labute approximate surface area is 164 Å². The normalized spacial score (nSPS) is 17.5. The van der Waals surface area contributed by atoms with Crippen molar-refractivity contribution in [2.75, 3.05) is 36.7 Å². The quantitative estimate of drug-likeness (QED) is 0.686. The largest absolute Gasteiger partial charge is 0.354 e. The standard InChI is InChI=1S/C20H33N3O3S/c1-16-6-8-19(9-7-16)23(27(4,25)26)18(3)20(24)21-12-5-13-22-14-10-17(2)11-15-22/h6-9,17-18H,5,10-15H2,1-4H3,(H,21,24)/t18-/m1/s1. The molecule has 7 heteroatoms. The Morgan fingerprint density at radius 2 is 1.85 bits per heavy atom. The summed E-state index contributed by atoms with van der Waals surface area (Å²) < 4.78 is 25.7. The van der Waals surface area contributed by atoms with Crippen molar-refractivity contribution in [3.05, 3.63) is 29.8 Å². The molecule has 152 valence electrons. The molecule has 1 amide bonds. The fraction of sp³-hybridized carbons (Fsp3) is 0.650. The van der Waals surface area contributed by atoms with E-state index in [1.165, 1.54) is 17.1 Å². The number of hydrogen-bond donors (Lipinski definition) is 1. The van der Waals surface area contributed by atoms with Crippen molar-refractivity contribution in [2.45, 2.75) is 46.1 Å². The molecule has 1 aromatic carbocycles. The summed E-state index contributed by atoms with van der Waals surface area (Å²) in [6.07, 6.45) is 4.48. The van der Waals surface area contributed by atoms with Gasteiger partial charge in [0.05, 0.1) is 11.9 Å². The summed E-state index contributed by atoms with van der Waals surface area (Å²) in [4.78, 5) is 15.0. The summed E-state index contributed by atoms with van der Waals surface area (Å²) in [5, 5.41) is 2.89. The maximum absolute atomic E-state index is 12.5. The van der Waals surface area contributed by atoms with E-state index in [4.69, 9.17) is 0 Å². The van der Waals surface area contributed by atoms with Gasteiger partial charge in [-0.25, -0.2) is 8.42 Å². The van der Waals surface area contributed by atoms with Gasteiger partial charge >= 0.3 is 0 Å². The second-order valence-electron chi connectivity index (χ2n) is 7.74. The Bertz CT molecular complexity index is 710. The highest BCUT2D eigenvalue weighted by Gasteiger charge is 2.28. The molecule has 1 aromatic rings. The van der Waals surface area contributed by atoms with Crippen molar-refractivity contribution in [3.63, 3.8) is 0 Å². The van der Waals surface area contributed by atoms with Crippen LogP contribution in [0.1, 0.15) is 38.7 Å². The zero-order valence-corrected chi connectivity index (χ0v) is 17.8. The lowest BCUT2D eigenvalue weighted by Gasteiger charge is -2.30. The monoisotopic (exact) mass is 395 g/mol. The van der Waals surface area contributed by atoms with Gasteiger partial charge in [-0.3, -0.25) is 9.10 Å². The number of rotatable bonds is 8. The molecule has 0 radical (unpaired) electrons. The smallest absolute Gasteiger partial charge is 0.243 e. The van der Waals surface area contributed by atoms with Crippen LogP contribution in [0.15, 0.2) is 24.3 Å². The van der Waals surface area contributed by atoms with E-state index in [-0.39, 0.29) is 5.91 Å². The number of nitrogens with one attached hydrogen (secondary N) is 1. The molecule has 1 N–H and O–H groups in total. The maximum Gasteiger partial charge on any atom is 0.243 e. The van der Waals surface area contributed by atoms with Gasteiger partial charge in [0.15, 0.2) is 0 Å². The summed E-state index contributed by atoms with van der Waals surface area (Å²) in [7, 11) is -3.56. The van der Waals surface area contributed by atoms with E-state index in [9.17, 15) is 13.2 Å². The molecule has 1 saturated heterocycles. The van der Waals surface area contributed by atoms with Crippen molar-refractivity contribution < 1.29 is 13.2 Å². The number of nitrogens with zero attached hydrogens (tertiary/aromatic N) is 2. The summed E-state index contributed by atoms with van der Waals surface area (Å²) >= 11 is 0. The van der Waals surface area contributed by atoms with Gasteiger partial charge < -0.3 is 10.2 Å². The predicted molar refractivity (Wildman–Crippen MR) is 110 cm³/mol. The number of amides is 1. The van der Waals surface area contributed by atoms with Gasteiger partial charge in [0.25, 0.3) is 0 Å². The summed E-state index contributed by atoms with van der Waals surface area (Å²) in [6.45, 7) is 9.63. The van der Waals surface area contributed by atoms with E-state index in [1.807, 2.05) is 19.1 Å². The van der Waals surface area contributed by atoms with E-state index in [0.717, 1.165) is 43.8 Å². The number of anilines is 1. The van der Waals surface area contributed by atoms with Gasteiger partial charge in [-0.2, -0.15) is 0 Å². The first-order chi connectivity index (χ1) is 12.7. The first-order valence-electron chi connectivity index (χ1n) is 9.74. The highest BCUT2D eigenvalue weighted by molar-refractivity contribution is 7.92. The minimum absolute atomic E-state index is 0.270. The van der Waals surface area contributed by atoms with Crippen LogP contribution in [0.25, 0.3) is 0 Å². The van der Waals surface area contributed by atoms with Crippen LogP contribution in [0.2, 0.25) is 0 Å². The van der Waals surface area contributed by atoms with Gasteiger partial charge in [-0.05, 0) is 70.8 Å². The first-order valence-corrected chi connectivity index (χ1v) is 11.6. The van der Waals surface area contributed by atoms with E-state index in [0.29, 0.717) is 12.2 Å². The van der Waals surface area contributed by atoms with E-state index < -0.39 is 16.1 Å². The molecular formula is C20H33N3O3S. The SMILES string of the molecule is Cc1ccc(N([C@H](C)C(=O)NCCCN2CCC(C)CC2)S(C)(=O)=O)cc1. The maximum atomic E-state index is 12.5. The molecule has 2 rings (SSSR count). The Balaban J connectivity index is 1.88. The van der Waals surface area contributed by atoms with Crippen molar-refractivity contribution in [3.8, 4) is 0 Å². The fourth-order valence-electron chi connectivity index (χ4n) is 3.45. The zero-order valence-electron chi connectivity index (χ0n) is 16.9. The first kappa shape index (κ1) is 21.7. The second-order valence-corrected chi connectivity index (χ2v) is 9.60. The highest BCUT2D eigenvalue weighted by Crippen LogP contribution is 2.21. The van der Waals surface area contributed by atoms with Gasteiger partial charge in [0.2, 0.25) is 15.9 Å². The molecule has 27 heavy (non-hydrogen) atoms. The predicted octanol–water partition coefficient (Wildman–Crippen LogP) is 2.39. The molecule has 0 saturated carbocycles. The van der Waals surface area contributed by atoms with Crippen LogP contribution < -0.4 is 9.62 Å². The number of sulfonamides is 1. The minimum atomic E-state index is -3.56. The summed E-state index contributed by atoms with van der Waals surface area (Å²) in [6, 6.07) is 6.36. The third-order valence-electron chi connectivity index (χ3n) is 5.20. The highest BCUT2D eigenvalue weighted by atomic mass is 32.2. The number of carbonyl (C=O) groups excluding carboxylic acids is 1. The van der Waals surface area contributed by atoms with Crippen molar-refractivity contribution in [1.82, 2.24) is 10.2 Å². The van der Waals surface area contributed by atoms with E-state index in [1.54, 1.807) is 19.1 Å². The van der Waals surface area contributed by atoms with E-state index in [2.05, 4.69) is 17.1 Å². The molecule has 1 heterocycles. The van der Waals surface area contributed by atoms with Crippen LogP contribution in [-0.2, 0) is 14.8 Å². The molecule has 1 fully saturated rings. The third kappa shape index (κ3) is 6.50. The lowest BCUT2D eigenvalue weighted by molar-refractivity contribution is -0.121. The second kappa shape index (κ2) is 9.55. The van der Waals surface area contributed by atoms with Gasteiger partial charge in [-0.15, -0.1) is 0 Å². The van der Waals surface area contributed by atoms with Crippen LogP contribution >= 0.6 is 0 Å². The van der Waals surface area contributed by atoms with Crippen LogP contribution in [0.3, 0.4) is 0 Å². The number of piperidine rings is 1. The number of hydrogen-bond acceptors (Lipinski definition) is 4. The van der Waals surface area contributed by atoms with E-state index >= 15 is 0 Å². The van der Waals surface area contributed by atoms with Crippen LogP contribution in [0.5, 0.6) is 0 Å². The molecule has 0 spiro atoms. The topological polar surface area (TPSA) is 69.7 Å². The Morgan fingerprint density at radius 1 is 1.26 bits per heavy atom. The van der Waals surface area contributed by atoms with Gasteiger partial charge in [0, 0.05) is 6.54 Å².